The van der Waals surface area contributed by atoms with Gasteiger partial charge in [0.05, 0.1) is 11.6 Å². The Balaban J connectivity index is 2.14. The Morgan fingerprint density at radius 2 is 1.97 bits per heavy atom. The molecule has 0 spiro atoms. The van der Waals surface area contributed by atoms with Gasteiger partial charge in [-0.05, 0) is 45.9 Å². The average molecular weight is 421 g/mol. The van der Waals surface area contributed by atoms with Crippen LogP contribution in [0.1, 0.15) is 43.6 Å². The van der Waals surface area contributed by atoms with Crippen LogP contribution < -0.4 is 5.32 Å². The molecule has 1 aromatic rings. The molecule has 1 saturated heterocycles. The number of rotatable bonds is 3. The first-order valence-electron chi connectivity index (χ1n) is 9.24. The molecule has 0 saturated carbocycles. The molecule has 8 nitrogen and oxygen atoms in total. The topological polar surface area (TPSA) is 103 Å². The van der Waals surface area contributed by atoms with E-state index < -0.39 is 17.6 Å². The Morgan fingerprint density at radius 3 is 2.52 bits per heavy atom. The molecule has 156 valence electrons. The van der Waals surface area contributed by atoms with E-state index in [1.807, 2.05) is 13.0 Å². The van der Waals surface area contributed by atoms with Crippen molar-refractivity contribution < 1.29 is 19.1 Å². The van der Waals surface area contributed by atoms with E-state index >= 15 is 0 Å². The van der Waals surface area contributed by atoms with Gasteiger partial charge in [0, 0.05) is 36.9 Å². The number of benzene rings is 1. The lowest BCUT2D eigenvalue weighted by Gasteiger charge is -2.40. The maximum Gasteiger partial charge on any atom is 0.410 e. The molecule has 0 bridgehead atoms. The van der Waals surface area contributed by atoms with Crippen molar-refractivity contribution in [1.29, 1.82) is 5.26 Å². The molecule has 0 aliphatic carbocycles. The highest BCUT2D eigenvalue weighted by Crippen LogP contribution is 2.20. The molecule has 1 N–H and O–H groups in total. The Labute approximate surface area is 175 Å². The molecule has 0 radical (unpaired) electrons. The summed E-state index contributed by atoms with van der Waals surface area (Å²) in [6.07, 6.45) is -0.408. The van der Waals surface area contributed by atoms with Gasteiger partial charge >= 0.3 is 6.09 Å². The highest BCUT2D eigenvalue weighted by atomic mass is 35.5. The van der Waals surface area contributed by atoms with E-state index in [0.717, 1.165) is 0 Å². The first-order valence-corrected chi connectivity index (χ1v) is 9.77. The fourth-order valence-electron chi connectivity index (χ4n) is 3.00. The van der Waals surface area contributed by atoms with Gasteiger partial charge in [0.2, 0.25) is 5.91 Å². The van der Waals surface area contributed by atoms with Crippen LogP contribution in [0.25, 0.3) is 0 Å². The van der Waals surface area contributed by atoms with Crippen molar-refractivity contribution >= 4 is 35.2 Å². The summed E-state index contributed by atoms with van der Waals surface area (Å²) in [5.41, 5.74) is 0.275. The number of alkyl halides is 1. The van der Waals surface area contributed by atoms with Crippen LogP contribution in [0, 0.1) is 11.3 Å². The van der Waals surface area contributed by atoms with E-state index in [-0.39, 0.29) is 29.0 Å². The molecule has 0 aromatic heterocycles. The second kappa shape index (κ2) is 9.14. The first kappa shape index (κ1) is 22.5. The number of nitrogens with zero attached hydrogens (tertiary/aromatic N) is 3. The number of nitriles is 1. The maximum atomic E-state index is 13.0. The predicted molar refractivity (Wildman–Crippen MR) is 109 cm³/mol. The Kier molecular flexibility index (Phi) is 7.09. The van der Waals surface area contributed by atoms with Gasteiger partial charge in [-0.1, -0.05) is 0 Å². The highest BCUT2D eigenvalue weighted by molar-refractivity contribution is 6.29. The van der Waals surface area contributed by atoms with Crippen LogP contribution in [0.15, 0.2) is 18.2 Å². The van der Waals surface area contributed by atoms with Gasteiger partial charge in [-0.25, -0.2) is 4.79 Å². The second-order valence-corrected chi connectivity index (χ2v) is 8.13. The number of anilines is 1. The summed E-state index contributed by atoms with van der Waals surface area (Å²) in [6, 6.07) is 6.22. The zero-order chi connectivity index (χ0) is 21.8. The van der Waals surface area contributed by atoms with Crippen molar-refractivity contribution in [3.8, 4) is 6.07 Å². The lowest BCUT2D eigenvalue weighted by atomic mass is 10.1. The van der Waals surface area contributed by atoms with Crippen molar-refractivity contribution in [2.24, 2.45) is 0 Å². The Hall–Kier alpha value is -2.79. The van der Waals surface area contributed by atoms with Gasteiger partial charge in [-0.2, -0.15) is 5.26 Å². The standard InChI is InChI=1S/C20H25ClN4O4/c1-13-12-24(5-6-25(13)19(28)29-20(2,3)4)18(27)15-7-14(11-22)8-16(9-15)23-17(26)10-21/h7-9,13H,5-6,10,12H2,1-4H3,(H,23,26)/t13-/m1/s1. The molecule has 0 unspecified atom stereocenters. The number of halogens is 1. The molecule has 3 amide bonds. The summed E-state index contributed by atoms with van der Waals surface area (Å²) >= 11 is 5.50. The molecule has 1 fully saturated rings. The molecule has 9 heteroatoms. The van der Waals surface area contributed by atoms with Gasteiger partial charge < -0.3 is 19.9 Å². The molecule has 1 aromatic carbocycles. The van der Waals surface area contributed by atoms with Crippen LogP contribution >= 0.6 is 11.6 Å². The van der Waals surface area contributed by atoms with Gasteiger partial charge in [0.15, 0.2) is 0 Å². The number of carbonyl (C=O) groups excluding carboxylic acids is 3. The van der Waals surface area contributed by atoms with Gasteiger partial charge in [0.1, 0.15) is 11.5 Å². The van der Waals surface area contributed by atoms with E-state index in [4.69, 9.17) is 16.3 Å². The van der Waals surface area contributed by atoms with Crippen LogP contribution in [0.2, 0.25) is 0 Å². The summed E-state index contributed by atoms with van der Waals surface area (Å²) in [5, 5.41) is 11.8. The molecule has 1 atom stereocenters. The molecule has 1 heterocycles. The van der Waals surface area contributed by atoms with Crippen molar-refractivity contribution in [3.63, 3.8) is 0 Å². The fraction of sp³-hybridized carbons (Fsp3) is 0.500. The first-order chi connectivity index (χ1) is 13.5. The maximum absolute atomic E-state index is 13.0. The molecular weight excluding hydrogens is 396 g/mol. The van der Waals surface area contributed by atoms with Crippen LogP contribution in [0.4, 0.5) is 10.5 Å². The van der Waals surface area contributed by atoms with Crippen LogP contribution in [-0.2, 0) is 9.53 Å². The number of ether oxygens (including phenoxy) is 1. The van der Waals surface area contributed by atoms with E-state index in [1.165, 1.54) is 18.2 Å². The number of nitrogens with one attached hydrogen (secondary N) is 1. The molecule has 1 aliphatic heterocycles. The third kappa shape index (κ3) is 6.09. The lowest BCUT2D eigenvalue weighted by Crippen LogP contribution is -2.56. The lowest BCUT2D eigenvalue weighted by molar-refractivity contribution is -0.113. The van der Waals surface area contributed by atoms with Crippen LogP contribution in [0.3, 0.4) is 0 Å². The summed E-state index contributed by atoms with van der Waals surface area (Å²) in [5.74, 6) is -0.941. The van der Waals surface area contributed by atoms with Gasteiger partial charge in [-0.15, -0.1) is 11.6 Å². The number of hydrogen-bond donors (Lipinski definition) is 1. The van der Waals surface area contributed by atoms with Crippen molar-refractivity contribution in [1.82, 2.24) is 9.80 Å². The highest BCUT2D eigenvalue weighted by Gasteiger charge is 2.33. The van der Waals surface area contributed by atoms with E-state index in [1.54, 1.807) is 30.6 Å². The number of carbonyl (C=O) groups is 3. The van der Waals surface area contributed by atoms with Crippen LogP contribution in [-0.4, -0.2) is 64.9 Å². The molecule has 1 aliphatic rings. The quantitative estimate of drug-likeness (QED) is 0.757. The minimum atomic E-state index is -0.592. The monoisotopic (exact) mass is 420 g/mol. The minimum Gasteiger partial charge on any atom is -0.444 e. The normalized spacial score (nSPS) is 16.8. The average Bonchev–Trinajstić information content (AvgIpc) is 2.65. The minimum absolute atomic E-state index is 0.225. The zero-order valence-electron chi connectivity index (χ0n) is 17.0. The fourth-order valence-corrected chi connectivity index (χ4v) is 3.07. The SMILES string of the molecule is C[C@@H]1CN(C(=O)c2cc(C#N)cc(NC(=O)CCl)c2)CCN1C(=O)OC(C)(C)C. The third-order valence-electron chi connectivity index (χ3n) is 4.26. The molecule has 29 heavy (non-hydrogen) atoms. The van der Waals surface area contributed by atoms with Crippen molar-refractivity contribution in [3.05, 3.63) is 29.3 Å². The molecule has 2 rings (SSSR count). The predicted octanol–water partition coefficient (Wildman–Crippen LogP) is 2.82. The van der Waals surface area contributed by atoms with E-state index in [0.29, 0.717) is 25.3 Å². The number of amides is 3. The van der Waals surface area contributed by atoms with Crippen molar-refractivity contribution in [2.75, 3.05) is 30.8 Å². The summed E-state index contributed by atoms with van der Waals surface area (Å²) in [7, 11) is 0. The largest absolute Gasteiger partial charge is 0.444 e. The zero-order valence-corrected chi connectivity index (χ0v) is 17.7. The number of piperazine rings is 1. The van der Waals surface area contributed by atoms with Crippen LogP contribution in [0.5, 0.6) is 0 Å². The summed E-state index contributed by atoms with van der Waals surface area (Å²) in [6.45, 7) is 8.27. The van der Waals surface area contributed by atoms with Gasteiger partial charge in [-0.3, -0.25) is 9.59 Å². The number of hydrogen-bond acceptors (Lipinski definition) is 5. The Bertz CT molecular complexity index is 844. The van der Waals surface area contributed by atoms with Gasteiger partial charge in [0.25, 0.3) is 5.91 Å². The smallest absolute Gasteiger partial charge is 0.410 e. The molecular formula is C20H25ClN4O4. The van der Waals surface area contributed by atoms with E-state index in [2.05, 4.69) is 5.32 Å². The summed E-state index contributed by atoms with van der Waals surface area (Å²) < 4.78 is 5.42. The van der Waals surface area contributed by atoms with Crippen molar-refractivity contribution in [2.45, 2.75) is 39.3 Å². The second-order valence-electron chi connectivity index (χ2n) is 7.87. The Morgan fingerprint density at radius 1 is 1.28 bits per heavy atom. The summed E-state index contributed by atoms with van der Waals surface area (Å²) in [4.78, 5) is 40.1. The van der Waals surface area contributed by atoms with E-state index in [9.17, 15) is 19.6 Å². The third-order valence-corrected chi connectivity index (χ3v) is 4.50.